The summed E-state index contributed by atoms with van der Waals surface area (Å²) in [7, 11) is 0. The van der Waals surface area contributed by atoms with Crippen LogP contribution >= 0.6 is 12.6 Å². The smallest absolute Gasteiger partial charge is 0.263 e. The molecule has 1 aromatic carbocycles. The van der Waals surface area contributed by atoms with Gasteiger partial charge in [-0.25, -0.2) is 13.8 Å². The van der Waals surface area contributed by atoms with Crippen LogP contribution in [0.25, 0.3) is 11.3 Å². The molecule has 0 fully saturated rings. The van der Waals surface area contributed by atoms with E-state index in [-0.39, 0.29) is 5.56 Å². The number of thiol groups is 1. The van der Waals surface area contributed by atoms with Crippen LogP contribution in [0.4, 0.5) is 8.78 Å². The van der Waals surface area contributed by atoms with Crippen LogP contribution in [-0.2, 0) is 0 Å². The van der Waals surface area contributed by atoms with Gasteiger partial charge in [-0.15, -0.1) is 12.6 Å². The minimum atomic E-state index is -2.45. The van der Waals surface area contributed by atoms with Crippen molar-refractivity contribution in [2.75, 3.05) is 0 Å². The second-order valence-electron chi connectivity index (χ2n) is 2.93. The molecule has 0 aliphatic rings. The highest BCUT2D eigenvalue weighted by atomic mass is 32.1. The van der Waals surface area contributed by atoms with Crippen molar-refractivity contribution < 1.29 is 13.2 Å². The van der Waals surface area contributed by atoms with Crippen LogP contribution in [0.1, 0.15) is 12.0 Å². The van der Waals surface area contributed by atoms with E-state index in [1.165, 1.54) is 18.5 Å². The van der Waals surface area contributed by atoms with Crippen molar-refractivity contribution in [1.29, 1.82) is 0 Å². The number of hydrogen-bond donors (Lipinski definition) is 1. The van der Waals surface area contributed by atoms with Gasteiger partial charge in [-0.2, -0.15) is 0 Å². The molecule has 78 valence electrons. The van der Waals surface area contributed by atoms with Gasteiger partial charge in [-0.05, 0) is 0 Å². The maximum Gasteiger partial charge on any atom is 0.263 e. The van der Waals surface area contributed by atoms with Gasteiger partial charge < -0.3 is 4.42 Å². The summed E-state index contributed by atoms with van der Waals surface area (Å²) in [5.41, 5.74) is 0.667. The summed E-state index contributed by atoms with van der Waals surface area (Å²) in [4.78, 5) is 3.80. The maximum atomic E-state index is 12.3. The normalized spacial score (nSPS) is 10.9. The molecule has 1 heterocycles. The fraction of sp³-hybridized carbons (Fsp3) is 0.100. The Morgan fingerprint density at radius 2 is 1.87 bits per heavy atom. The van der Waals surface area contributed by atoms with Crippen molar-refractivity contribution in [3.8, 4) is 11.3 Å². The molecule has 2 nitrogen and oxygen atoms in total. The van der Waals surface area contributed by atoms with Crippen LogP contribution in [0.2, 0.25) is 0 Å². The number of nitrogens with zero attached hydrogens (tertiary/aromatic N) is 1. The first-order valence-corrected chi connectivity index (χ1v) is 4.64. The minimum Gasteiger partial charge on any atom is -0.442 e. The lowest BCUT2D eigenvalue weighted by atomic mass is 10.1. The Hall–Kier alpha value is -1.36. The number of benzene rings is 1. The molecule has 0 spiro atoms. The molecule has 15 heavy (non-hydrogen) atoms. The molecule has 0 atom stereocenters. The van der Waals surface area contributed by atoms with Crippen LogP contribution in [0, 0.1) is 0 Å². The summed E-state index contributed by atoms with van der Waals surface area (Å²) < 4.78 is 29.6. The predicted molar refractivity (Wildman–Crippen MR) is 54.1 cm³/mol. The predicted octanol–water partition coefficient (Wildman–Crippen LogP) is 3.57. The third-order valence-electron chi connectivity index (χ3n) is 1.97. The van der Waals surface area contributed by atoms with Crippen LogP contribution in [0.5, 0.6) is 0 Å². The highest BCUT2D eigenvalue weighted by Gasteiger charge is 2.10. The fourth-order valence-corrected chi connectivity index (χ4v) is 1.45. The fourth-order valence-electron chi connectivity index (χ4n) is 1.22. The van der Waals surface area contributed by atoms with E-state index in [2.05, 4.69) is 17.6 Å². The summed E-state index contributed by atoms with van der Waals surface area (Å²) in [5.74, 6) is 0.485. The quantitative estimate of drug-likeness (QED) is 0.794. The first-order valence-electron chi connectivity index (χ1n) is 4.19. The lowest BCUT2D eigenvalue weighted by molar-refractivity contribution is 0.151. The summed E-state index contributed by atoms with van der Waals surface area (Å²) in [6, 6.07) is 5.83. The Labute approximate surface area is 90.4 Å². The van der Waals surface area contributed by atoms with Gasteiger partial charge in [0.05, 0.1) is 0 Å². The molecule has 0 radical (unpaired) electrons. The molecule has 0 aliphatic heterocycles. The van der Waals surface area contributed by atoms with E-state index >= 15 is 0 Å². The Morgan fingerprint density at radius 3 is 2.33 bits per heavy atom. The molecule has 0 saturated carbocycles. The molecule has 0 N–H and O–H groups in total. The molecular weight excluding hydrogens is 220 g/mol. The van der Waals surface area contributed by atoms with Gasteiger partial charge in [0.2, 0.25) is 0 Å². The third-order valence-corrected chi connectivity index (χ3v) is 2.29. The Balaban J connectivity index is 2.36. The summed E-state index contributed by atoms with van der Waals surface area (Å²) >= 11 is 4.07. The van der Waals surface area contributed by atoms with Crippen molar-refractivity contribution in [2.24, 2.45) is 0 Å². The van der Waals surface area contributed by atoms with E-state index in [4.69, 9.17) is 4.42 Å². The molecular formula is C10H7F2NOS. The second kappa shape index (κ2) is 4.02. The lowest BCUT2D eigenvalue weighted by Gasteiger charge is -2.00. The number of oxazole rings is 1. The van der Waals surface area contributed by atoms with Crippen molar-refractivity contribution in [3.63, 3.8) is 0 Å². The third kappa shape index (κ3) is 2.02. The van der Waals surface area contributed by atoms with E-state index in [0.717, 1.165) is 0 Å². The number of aromatic nitrogens is 1. The maximum absolute atomic E-state index is 12.3. The first kappa shape index (κ1) is 10.2. The number of halogens is 2. The van der Waals surface area contributed by atoms with E-state index < -0.39 is 6.43 Å². The van der Waals surface area contributed by atoms with Crippen molar-refractivity contribution >= 4 is 12.6 Å². The van der Waals surface area contributed by atoms with E-state index in [1.807, 2.05) is 0 Å². The highest BCUT2D eigenvalue weighted by Crippen LogP contribution is 2.27. The van der Waals surface area contributed by atoms with Gasteiger partial charge in [-0.1, -0.05) is 24.3 Å². The molecule has 1 aromatic heterocycles. The zero-order chi connectivity index (χ0) is 10.8. The standard InChI is InChI=1S/C10H7F2NOS/c11-9(12)7-3-1-6(2-4-7)8-10(15)13-5-14-8/h1-5,9,15H. The molecule has 0 saturated heterocycles. The monoisotopic (exact) mass is 227 g/mol. The van der Waals surface area contributed by atoms with Gasteiger partial charge in [0, 0.05) is 11.1 Å². The first-order chi connectivity index (χ1) is 7.18. The summed E-state index contributed by atoms with van der Waals surface area (Å²) in [5, 5.41) is 0.444. The summed E-state index contributed by atoms with van der Waals surface area (Å²) in [6.07, 6.45) is -1.19. The molecule has 0 unspecified atom stereocenters. The van der Waals surface area contributed by atoms with Crippen LogP contribution < -0.4 is 0 Å². The second-order valence-corrected chi connectivity index (χ2v) is 3.35. The highest BCUT2D eigenvalue weighted by molar-refractivity contribution is 7.80. The van der Waals surface area contributed by atoms with Crippen LogP contribution in [0.15, 0.2) is 40.1 Å². The minimum absolute atomic E-state index is 0.0148. The number of alkyl halides is 2. The number of rotatable bonds is 2. The van der Waals surface area contributed by atoms with Crippen molar-refractivity contribution in [2.45, 2.75) is 11.5 Å². The van der Waals surface area contributed by atoms with Gasteiger partial charge in [0.25, 0.3) is 6.43 Å². The average Bonchev–Trinajstić information content (AvgIpc) is 2.65. The molecule has 0 aliphatic carbocycles. The van der Waals surface area contributed by atoms with Gasteiger partial charge in [0.15, 0.2) is 12.2 Å². The SMILES string of the molecule is FC(F)c1ccc(-c2ocnc2S)cc1. The Kier molecular flexibility index (Phi) is 2.73. The van der Waals surface area contributed by atoms with E-state index in [0.29, 0.717) is 16.3 Å². The average molecular weight is 227 g/mol. The Bertz CT molecular complexity index is 453. The number of hydrogen-bond acceptors (Lipinski definition) is 3. The molecule has 0 amide bonds. The topological polar surface area (TPSA) is 26.0 Å². The van der Waals surface area contributed by atoms with Gasteiger partial charge >= 0.3 is 0 Å². The largest absolute Gasteiger partial charge is 0.442 e. The van der Waals surface area contributed by atoms with E-state index in [9.17, 15) is 8.78 Å². The molecule has 2 aromatic rings. The summed E-state index contributed by atoms with van der Waals surface area (Å²) in [6.45, 7) is 0. The van der Waals surface area contributed by atoms with E-state index in [1.54, 1.807) is 12.1 Å². The van der Waals surface area contributed by atoms with Crippen LogP contribution in [-0.4, -0.2) is 4.98 Å². The zero-order valence-electron chi connectivity index (χ0n) is 7.52. The van der Waals surface area contributed by atoms with Crippen molar-refractivity contribution in [1.82, 2.24) is 4.98 Å². The zero-order valence-corrected chi connectivity index (χ0v) is 8.42. The molecule has 0 bridgehead atoms. The molecule has 2 rings (SSSR count). The lowest BCUT2D eigenvalue weighted by Crippen LogP contribution is -1.83. The van der Waals surface area contributed by atoms with Gasteiger partial charge in [-0.3, -0.25) is 0 Å². The van der Waals surface area contributed by atoms with Gasteiger partial charge in [0.1, 0.15) is 5.03 Å². The van der Waals surface area contributed by atoms with Crippen LogP contribution in [0.3, 0.4) is 0 Å². The van der Waals surface area contributed by atoms with Crippen molar-refractivity contribution in [3.05, 3.63) is 36.2 Å². The Morgan fingerprint density at radius 1 is 1.20 bits per heavy atom. The molecule has 5 heteroatoms.